The van der Waals surface area contributed by atoms with E-state index >= 15 is 0 Å². The average Bonchev–Trinajstić information content (AvgIpc) is 3.74. The summed E-state index contributed by atoms with van der Waals surface area (Å²) < 4.78 is 0. The van der Waals surface area contributed by atoms with Crippen molar-refractivity contribution in [1.29, 1.82) is 0 Å². The van der Waals surface area contributed by atoms with Gasteiger partial charge in [0, 0.05) is 0 Å². The van der Waals surface area contributed by atoms with Gasteiger partial charge in [-0.1, -0.05) is 165 Å². The molecule has 3 aromatic rings. The molecule has 0 radical (unpaired) electrons. The summed E-state index contributed by atoms with van der Waals surface area (Å²) in [5.41, 5.74) is 19.2. The van der Waals surface area contributed by atoms with E-state index in [9.17, 15) is 0 Å². The van der Waals surface area contributed by atoms with Crippen molar-refractivity contribution in [2.24, 2.45) is 0 Å². The maximum atomic E-state index is 2.48. The van der Waals surface area contributed by atoms with Crippen molar-refractivity contribution in [2.45, 2.75) is 116 Å². The third-order valence-corrected chi connectivity index (χ3v) is 11.4. The van der Waals surface area contributed by atoms with E-state index in [4.69, 9.17) is 0 Å². The summed E-state index contributed by atoms with van der Waals surface area (Å²) in [6.07, 6.45) is 22.9. The van der Waals surface area contributed by atoms with Crippen LogP contribution in [-0.4, -0.2) is 0 Å². The van der Waals surface area contributed by atoms with Crippen LogP contribution in [0.15, 0.2) is 89.5 Å². The van der Waals surface area contributed by atoms with Crippen molar-refractivity contribution in [3.05, 3.63) is 142 Å². The van der Waals surface area contributed by atoms with E-state index in [0.717, 1.165) is 0 Å². The zero-order valence-corrected chi connectivity index (χ0v) is 37.5. The van der Waals surface area contributed by atoms with Crippen molar-refractivity contribution in [3.8, 4) is 0 Å². The van der Waals surface area contributed by atoms with Crippen molar-refractivity contribution in [2.75, 3.05) is 0 Å². The monoisotopic (exact) mass is 840 g/mol. The van der Waals surface area contributed by atoms with E-state index < -0.39 is 0 Å². The van der Waals surface area contributed by atoms with Crippen LogP contribution in [-0.2, 0) is 65.2 Å². The molecule has 0 nitrogen and oxygen atoms in total. The molecule has 6 heteroatoms. The van der Waals surface area contributed by atoms with Gasteiger partial charge < -0.3 is 37.2 Å². The van der Waals surface area contributed by atoms with Crippen LogP contribution >= 0.6 is 0 Å². The molecule has 0 heterocycles. The Labute approximate surface area is 373 Å². The van der Waals surface area contributed by atoms with E-state index in [2.05, 4.69) is 113 Å². The second-order valence-electron chi connectivity index (χ2n) is 13.7. The molecule has 0 bridgehead atoms. The number of halogens is 3. The zero-order valence-electron chi connectivity index (χ0n) is 30.5. The van der Waals surface area contributed by atoms with Crippen molar-refractivity contribution in [3.63, 3.8) is 0 Å². The molecule has 3 atom stereocenters. The first-order valence-corrected chi connectivity index (χ1v) is 18.2. The van der Waals surface area contributed by atoms with Crippen molar-refractivity contribution < 1.29 is 102 Å². The SMILES string of the molecule is CCC1C2=C(CCC[CH-]2)c2ccccc21.CCC1C2=C(CCC[CH-]2)c2ccccc21.CCC1C2=C(CCC[CH-]2)c2ccccc21.[Cl-].[Cl-].[Cl-].[Ti+2].[Ti+2].[Ti+2]. The van der Waals surface area contributed by atoms with Crippen LogP contribution in [0.25, 0.3) is 16.7 Å². The summed E-state index contributed by atoms with van der Waals surface area (Å²) in [5.74, 6) is 2.07. The summed E-state index contributed by atoms with van der Waals surface area (Å²) in [4.78, 5) is 0. The van der Waals surface area contributed by atoms with E-state index in [-0.39, 0.29) is 102 Å². The summed E-state index contributed by atoms with van der Waals surface area (Å²) >= 11 is 0. The fourth-order valence-corrected chi connectivity index (χ4v) is 9.39. The molecule has 51 heavy (non-hydrogen) atoms. The molecule has 9 rings (SSSR count). The predicted octanol–water partition coefficient (Wildman–Crippen LogP) is 4.01. The number of hydrogen-bond acceptors (Lipinski definition) is 0. The van der Waals surface area contributed by atoms with Crippen LogP contribution in [0.5, 0.6) is 0 Å². The first kappa shape index (κ1) is 48.5. The van der Waals surface area contributed by atoms with Gasteiger partial charge in [-0.3, -0.25) is 0 Å². The molecule has 0 N–H and O–H groups in total. The van der Waals surface area contributed by atoms with Crippen LogP contribution in [0.1, 0.15) is 149 Å². The molecule has 0 fully saturated rings. The first-order valence-electron chi connectivity index (χ1n) is 18.2. The smallest absolute Gasteiger partial charge is 1.00 e. The quantitative estimate of drug-likeness (QED) is 0.277. The van der Waals surface area contributed by atoms with Gasteiger partial charge in [-0.25, -0.2) is 36.0 Å². The van der Waals surface area contributed by atoms with E-state index in [0.29, 0.717) is 17.8 Å². The van der Waals surface area contributed by atoms with Crippen LogP contribution < -0.4 is 37.2 Å². The predicted molar refractivity (Wildman–Crippen MR) is 194 cm³/mol. The fraction of sp³-hybridized carbons (Fsp3) is 0.400. The Morgan fingerprint density at radius 3 is 0.941 bits per heavy atom. The Bertz CT molecular complexity index is 1460. The Morgan fingerprint density at radius 1 is 0.431 bits per heavy atom. The molecular weight excluding hydrogens is 790 g/mol. The zero-order chi connectivity index (χ0) is 30.8. The van der Waals surface area contributed by atoms with Gasteiger partial charge in [0.05, 0.1) is 0 Å². The average molecular weight is 842 g/mol. The molecule has 0 amide bonds. The standard InChI is InChI=1S/3C15H17.3ClH.3Ti/c3*1-2-11-12-7-3-5-9-14(12)15-10-6-4-8-13(11)15;;;;;;/h3*3,5,7-9,11H,2,4,6,10H2,1H3;3*1H;;;/q3*-1;;;;3*+2/p-3. The van der Waals surface area contributed by atoms with Gasteiger partial charge in [0.25, 0.3) is 0 Å². The summed E-state index contributed by atoms with van der Waals surface area (Å²) in [6.45, 7) is 6.92. The van der Waals surface area contributed by atoms with E-state index in [1.165, 1.54) is 93.7 Å². The molecule has 6 aliphatic rings. The Morgan fingerprint density at radius 2 is 0.686 bits per heavy atom. The molecule has 6 aliphatic carbocycles. The minimum Gasteiger partial charge on any atom is -1.00 e. The topological polar surface area (TPSA) is 0 Å². The minimum atomic E-state index is 0. The molecule has 264 valence electrons. The van der Waals surface area contributed by atoms with Crippen molar-refractivity contribution in [1.82, 2.24) is 0 Å². The summed E-state index contributed by atoms with van der Waals surface area (Å²) in [5, 5.41) is 0. The van der Waals surface area contributed by atoms with E-state index in [1.54, 1.807) is 50.1 Å². The Balaban J connectivity index is 0.000000361. The normalized spacial score (nSPS) is 20.6. The second-order valence-corrected chi connectivity index (χ2v) is 13.7. The Kier molecular flexibility index (Phi) is 21.7. The number of fused-ring (bicyclic) bond motifs is 6. The van der Waals surface area contributed by atoms with Crippen LogP contribution in [0.4, 0.5) is 0 Å². The summed E-state index contributed by atoms with van der Waals surface area (Å²) in [6, 6.07) is 26.9. The number of rotatable bonds is 3. The number of hydrogen-bond donors (Lipinski definition) is 0. The molecule has 0 aromatic heterocycles. The van der Waals surface area contributed by atoms with Crippen LogP contribution in [0, 0.1) is 19.3 Å². The molecule has 0 aliphatic heterocycles. The fourth-order valence-electron chi connectivity index (χ4n) is 9.39. The molecule has 0 spiro atoms. The van der Waals surface area contributed by atoms with Gasteiger partial charge in [0.15, 0.2) is 0 Å². The van der Waals surface area contributed by atoms with Crippen LogP contribution in [0.2, 0.25) is 0 Å². The third kappa shape index (κ3) is 9.67. The maximum absolute atomic E-state index is 2.48. The van der Waals surface area contributed by atoms with Gasteiger partial charge in [-0.05, 0) is 37.0 Å². The Hall–Kier alpha value is -0.497. The largest absolute Gasteiger partial charge is 2.00 e. The van der Waals surface area contributed by atoms with Gasteiger partial charge in [-0.15, -0.1) is 19.3 Å². The van der Waals surface area contributed by atoms with Gasteiger partial charge >= 0.3 is 65.2 Å². The van der Waals surface area contributed by atoms with Crippen LogP contribution in [0.3, 0.4) is 0 Å². The molecule has 3 aromatic carbocycles. The van der Waals surface area contributed by atoms with Gasteiger partial charge in [0.2, 0.25) is 0 Å². The summed E-state index contributed by atoms with van der Waals surface area (Å²) in [7, 11) is 0. The number of benzene rings is 3. The molecule has 3 unspecified atom stereocenters. The molecule has 0 saturated heterocycles. The van der Waals surface area contributed by atoms with E-state index in [1.807, 2.05) is 0 Å². The maximum Gasteiger partial charge on any atom is 2.00 e. The third-order valence-electron chi connectivity index (χ3n) is 11.4. The molecule has 0 saturated carbocycles. The first-order chi connectivity index (χ1) is 22.2. The second kappa shape index (κ2) is 22.8. The van der Waals surface area contributed by atoms with Gasteiger partial charge in [0.1, 0.15) is 0 Å². The van der Waals surface area contributed by atoms with Gasteiger partial charge in [-0.2, -0.15) is 16.7 Å². The molecular formula is C45H51Cl3Ti3. The van der Waals surface area contributed by atoms with Crippen molar-refractivity contribution >= 4 is 16.7 Å². The minimum absolute atomic E-state index is 0. The number of allylic oxidation sites excluding steroid dienone is 6.